The molecule has 2 rings (SSSR count). The van der Waals surface area contributed by atoms with Crippen LogP contribution in [0.5, 0.6) is 0 Å². The van der Waals surface area contributed by atoms with Gasteiger partial charge < -0.3 is 10.3 Å². The molecule has 0 atom stereocenters. The molecule has 0 spiro atoms. The summed E-state index contributed by atoms with van der Waals surface area (Å²) in [6, 6.07) is 7.19. The van der Waals surface area contributed by atoms with E-state index in [0.29, 0.717) is 10.9 Å². The van der Waals surface area contributed by atoms with E-state index in [4.69, 9.17) is 0 Å². The Labute approximate surface area is 127 Å². The Hall–Kier alpha value is -2.08. The summed E-state index contributed by atoms with van der Waals surface area (Å²) >= 11 is 1.20. The molecule has 2 aromatic rings. The number of rotatable bonds is 4. The van der Waals surface area contributed by atoms with Gasteiger partial charge in [-0.1, -0.05) is 17.8 Å². The SMILES string of the molecule is Cc1cc(=O)[nH]c(SCC(=O)Nc2ccc(C)c(C)c2)n1. The van der Waals surface area contributed by atoms with Gasteiger partial charge in [0, 0.05) is 17.4 Å². The number of aromatic nitrogens is 2. The highest BCUT2D eigenvalue weighted by molar-refractivity contribution is 7.99. The third-order valence-corrected chi connectivity index (χ3v) is 3.85. The van der Waals surface area contributed by atoms with Crippen LogP contribution in [-0.4, -0.2) is 21.6 Å². The smallest absolute Gasteiger partial charge is 0.251 e. The third kappa shape index (κ3) is 4.46. The van der Waals surface area contributed by atoms with E-state index >= 15 is 0 Å². The molecule has 0 saturated heterocycles. The maximum Gasteiger partial charge on any atom is 0.251 e. The Morgan fingerprint density at radius 2 is 2.00 bits per heavy atom. The van der Waals surface area contributed by atoms with Crippen molar-refractivity contribution in [2.45, 2.75) is 25.9 Å². The summed E-state index contributed by atoms with van der Waals surface area (Å²) in [7, 11) is 0. The van der Waals surface area contributed by atoms with Crippen molar-refractivity contribution in [3.05, 3.63) is 51.4 Å². The minimum Gasteiger partial charge on any atom is -0.325 e. The fraction of sp³-hybridized carbons (Fsp3) is 0.267. The highest BCUT2D eigenvalue weighted by Gasteiger charge is 2.06. The fourth-order valence-corrected chi connectivity index (χ4v) is 2.49. The first-order valence-corrected chi connectivity index (χ1v) is 7.50. The van der Waals surface area contributed by atoms with Crippen LogP contribution in [0.15, 0.2) is 34.2 Å². The standard InChI is InChI=1S/C15H17N3O2S/c1-9-4-5-12(6-10(9)2)17-14(20)8-21-15-16-11(3)7-13(19)18-15/h4-7H,8H2,1-3H3,(H,17,20)(H,16,18,19). The first-order chi connectivity index (χ1) is 9.94. The van der Waals surface area contributed by atoms with Gasteiger partial charge in [-0.25, -0.2) is 4.98 Å². The van der Waals surface area contributed by atoms with Crippen LogP contribution < -0.4 is 10.9 Å². The number of thioether (sulfide) groups is 1. The van der Waals surface area contributed by atoms with Crippen molar-refractivity contribution < 1.29 is 4.79 Å². The summed E-state index contributed by atoms with van der Waals surface area (Å²) in [5, 5.41) is 3.28. The number of H-pyrrole nitrogens is 1. The molecule has 1 aromatic heterocycles. The van der Waals surface area contributed by atoms with E-state index in [1.807, 2.05) is 32.0 Å². The largest absolute Gasteiger partial charge is 0.325 e. The van der Waals surface area contributed by atoms with Gasteiger partial charge in [-0.05, 0) is 44.0 Å². The minimum absolute atomic E-state index is 0.132. The van der Waals surface area contributed by atoms with Crippen LogP contribution in [-0.2, 0) is 4.79 Å². The van der Waals surface area contributed by atoms with Crippen LogP contribution in [0, 0.1) is 20.8 Å². The number of nitrogens with one attached hydrogen (secondary N) is 2. The maximum atomic E-state index is 11.9. The van der Waals surface area contributed by atoms with Gasteiger partial charge in [0.2, 0.25) is 5.91 Å². The number of aromatic amines is 1. The quantitative estimate of drug-likeness (QED) is 0.672. The van der Waals surface area contributed by atoms with E-state index in [-0.39, 0.29) is 17.2 Å². The monoisotopic (exact) mass is 303 g/mol. The van der Waals surface area contributed by atoms with Crippen molar-refractivity contribution in [3.63, 3.8) is 0 Å². The molecule has 0 unspecified atom stereocenters. The molecule has 0 fully saturated rings. The molecule has 0 saturated carbocycles. The molecular weight excluding hydrogens is 286 g/mol. The number of benzene rings is 1. The zero-order chi connectivity index (χ0) is 15.4. The lowest BCUT2D eigenvalue weighted by Gasteiger charge is -2.07. The first kappa shape index (κ1) is 15.3. The van der Waals surface area contributed by atoms with Crippen molar-refractivity contribution in [1.29, 1.82) is 0 Å². The van der Waals surface area contributed by atoms with Crippen LogP contribution in [0.1, 0.15) is 16.8 Å². The van der Waals surface area contributed by atoms with Crippen molar-refractivity contribution in [2.24, 2.45) is 0 Å². The van der Waals surface area contributed by atoms with E-state index < -0.39 is 0 Å². The highest BCUT2D eigenvalue weighted by atomic mass is 32.2. The Balaban J connectivity index is 1.95. The molecule has 110 valence electrons. The average molecular weight is 303 g/mol. The lowest BCUT2D eigenvalue weighted by atomic mass is 10.1. The number of anilines is 1. The predicted octanol–water partition coefficient (Wildman–Crippen LogP) is 2.43. The Bertz CT molecular complexity index is 725. The second-order valence-electron chi connectivity index (χ2n) is 4.83. The van der Waals surface area contributed by atoms with Crippen molar-refractivity contribution in [1.82, 2.24) is 9.97 Å². The number of amides is 1. The average Bonchev–Trinajstić information content (AvgIpc) is 2.40. The molecule has 0 radical (unpaired) electrons. The second kappa shape index (κ2) is 6.58. The number of nitrogens with zero attached hydrogens (tertiary/aromatic N) is 1. The molecule has 1 heterocycles. The van der Waals surface area contributed by atoms with Crippen molar-refractivity contribution in [2.75, 3.05) is 11.1 Å². The molecule has 0 bridgehead atoms. The Kier molecular flexibility index (Phi) is 4.80. The van der Waals surface area contributed by atoms with E-state index in [1.54, 1.807) is 6.92 Å². The second-order valence-corrected chi connectivity index (χ2v) is 5.79. The fourth-order valence-electron chi connectivity index (χ4n) is 1.77. The third-order valence-electron chi connectivity index (χ3n) is 2.98. The summed E-state index contributed by atoms with van der Waals surface area (Å²) in [5.41, 5.74) is 3.51. The molecule has 21 heavy (non-hydrogen) atoms. The van der Waals surface area contributed by atoms with E-state index in [2.05, 4.69) is 15.3 Å². The van der Waals surface area contributed by atoms with Gasteiger partial charge in [-0.3, -0.25) is 9.59 Å². The molecule has 6 heteroatoms. The normalized spacial score (nSPS) is 10.4. The zero-order valence-electron chi connectivity index (χ0n) is 12.2. The number of hydrogen-bond donors (Lipinski definition) is 2. The molecule has 2 N–H and O–H groups in total. The highest BCUT2D eigenvalue weighted by Crippen LogP contribution is 2.16. The van der Waals surface area contributed by atoms with Gasteiger partial charge >= 0.3 is 0 Å². The van der Waals surface area contributed by atoms with E-state index in [9.17, 15) is 9.59 Å². The van der Waals surface area contributed by atoms with Gasteiger partial charge in [0.1, 0.15) is 0 Å². The minimum atomic E-state index is -0.209. The Morgan fingerprint density at radius 3 is 2.67 bits per heavy atom. The van der Waals surface area contributed by atoms with Crippen molar-refractivity contribution >= 4 is 23.4 Å². The molecule has 5 nitrogen and oxygen atoms in total. The van der Waals surface area contributed by atoms with Gasteiger partial charge in [-0.2, -0.15) is 0 Å². The first-order valence-electron chi connectivity index (χ1n) is 6.52. The Morgan fingerprint density at radius 1 is 1.24 bits per heavy atom. The van der Waals surface area contributed by atoms with Gasteiger partial charge in [0.05, 0.1) is 5.75 Å². The number of aryl methyl sites for hydroxylation is 3. The molecule has 0 aliphatic heterocycles. The summed E-state index contributed by atoms with van der Waals surface area (Å²) in [6.45, 7) is 5.77. The lowest BCUT2D eigenvalue weighted by molar-refractivity contribution is -0.113. The van der Waals surface area contributed by atoms with Crippen LogP contribution in [0.3, 0.4) is 0 Å². The van der Waals surface area contributed by atoms with Crippen LogP contribution in [0.25, 0.3) is 0 Å². The van der Waals surface area contributed by atoms with Crippen LogP contribution in [0.2, 0.25) is 0 Å². The number of carbonyl (C=O) groups is 1. The van der Waals surface area contributed by atoms with Gasteiger partial charge in [0.25, 0.3) is 5.56 Å². The maximum absolute atomic E-state index is 11.9. The van der Waals surface area contributed by atoms with Gasteiger partial charge in [-0.15, -0.1) is 0 Å². The summed E-state index contributed by atoms with van der Waals surface area (Å²) in [4.78, 5) is 30.0. The number of carbonyl (C=O) groups excluding carboxylic acids is 1. The van der Waals surface area contributed by atoms with Gasteiger partial charge in [0.15, 0.2) is 5.16 Å². The molecule has 1 aromatic carbocycles. The predicted molar refractivity (Wildman–Crippen MR) is 84.9 cm³/mol. The summed E-state index contributed by atoms with van der Waals surface area (Å²) in [5.74, 6) is 0.0617. The number of hydrogen-bond acceptors (Lipinski definition) is 4. The van der Waals surface area contributed by atoms with Crippen LogP contribution in [0.4, 0.5) is 5.69 Å². The lowest BCUT2D eigenvalue weighted by Crippen LogP contribution is -2.15. The summed E-state index contributed by atoms with van der Waals surface area (Å²) < 4.78 is 0. The zero-order valence-corrected chi connectivity index (χ0v) is 13.0. The topological polar surface area (TPSA) is 74.8 Å². The summed E-state index contributed by atoms with van der Waals surface area (Å²) in [6.07, 6.45) is 0. The molecular formula is C15H17N3O2S. The van der Waals surface area contributed by atoms with E-state index in [0.717, 1.165) is 11.3 Å². The van der Waals surface area contributed by atoms with Crippen molar-refractivity contribution in [3.8, 4) is 0 Å². The van der Waals surface area contributed by atoms with Crippen LogP contribution >= 0.6 is 11.8 Å². The molecule has 0 aliphatic rings. The van der Waals surface area contributed by atoms with E-state index in [1.165, 1.54) is 23.4 Å². The molecule has 1 amide bonds. The molecule has 0 aliphatic carbocycles.